The summed E-state index contributed by atoms with van der Waals surface area (Å²) in [6, 6.07) is 0. The van der Waals surface area contributed by atoms with Crippen LogP contribution in [0.5, 0.6) is 0 Å². The summed E-state index contributed by atoms with van der Waals surface area (Å²) in [6.07, 6.45) is 6.05. The Hall–Kier alpha value is -0.160. The lowest BCUT2D eigenvalue weighted by atomic mass is 9.71. The molecule has 1 saturated carbocycles. The highest BCUT2D eigenvalue weighted by Crippen LogP contribution is 2.39. The highest BCUT2D eigenvalue weighted by atomic mass is 16.5. The molecule has 4 nitrogen and oxygen atoms in total. The van der Waals surface area contributed by atoms with Gasteiger partial charge in [0.1, 0.15) is 0 Å². The molecule has 19 heavy (non-hydrogen) atoms. The Morgan fingerprint density at radius 1 is 1.21 bits per heavy atom. The largest absolute Gasteiger partial charge is 0.390 e. The summed E-state index contributed by atoms with van der Waals surface area (Å²) in [5.74, 6) is 0.497. The Labute approximate surface area is 116 Å². The van der Waals surface area contributed by atoms with Crippen LogP contribution in [0.1, 0.15) is 32.1 Å². The van der Waals surface area contributed by atoms with Gasteiger partial charge < -0.3 is 19.6 Å². The first kappa shape index (κ1) is 13.8. The molecule has 0 spiro atoms. The first-order valence-electron chi connectivity index (χ1n) is 7.91. The van der Waals surface area contributed by atoms with Crippen molar-refractivity contribution >= 4 is 0 Å². The van der Waals surface area contributed by atoms with Crippen LogP contribution in [0.2, 0.25) is 0 Å². The maximum atomic E-state index is 10.7. The molecule has 1 N–H and O–H groups in total. The summed E-state index contributed by atoms with van der Waals surface area (Å²) in [7, 11) is 2.17. The molecule has 4 heteroatoms. The Kier molecular flexibility index (Phi) is 4.13. The average molecular weight is 268 g/mol. The van der Waals surface area contributed by atoms with Crippen LogP contribution < -0.4 is 0 Å². The van der Waals surface area contributed by atoms with Crippen molar-refractivity contribution in [2.75, 3.05) is 46.4 Å². The molecule has 2 heterocycles. The zero-order chi connectivity index (χ0) is 13.3. The van der Waals surface area contributed by atoms with Gasteiger partial charge in [0, 0.05) is 38.6 Å². The zero-order valence-electron chi connectivity index (χ0n) is 12.2. The number of morpholine rings is 1. The van der Waals surface area contributed by atoms with Crippen LogP contribution in [0.25, 0.3) is 0 Å². The summed E-state index contributed by atoms with van der Waals surface area (Å²) in [6.45, 7) is 6.11. The van der Waals surface area contributed by atoms with Gasteiger partial charge in [-0.05, 0) is 26.3 Å². The quantitative estimate of drug-likeness (QED) is 0.809. The molecule has 0 aromatic heterocycles. The maximum absolute atomic E-state index is 10.7. The van der Waals surface area contributed by atoms with E-state index < -0.39 is 0 Å². The average Bonchev–Trinajstić information content (AvgIpc) is 2.39. The molecule has 1 aliphatic carbocycles. The van der Waals surface area contributed by atoms with E-state index in [9.17, 15) is 5.11 Å². The lowest BCUT2D eigenvalue weighted by Gasteiger charge is -2.48. The molecule has 3 atom stereocenters. The van der Waals surface area contributed by atoms with Crippen molar-refractivity contribution in [3.63, 3.8) is 0 Å². The second kappa shape index (κ2) is 5.68. The van der Waals surface area contributed by atoms with Crippen LogP contribution >= 0.6 is 0 Å². The van der Waals surface area contributed by atoms with Gasteiger partial charge in [-0.3, -0.25) is 0 Å². The minimum atomic E-state index is -0.348. The molecular formula is C15H28N2O2. The molecule has 3 aliphatic rings. The summed E-state index contributed by atoms with van der Waals surface area (Å²) < 4.78 is 5.87. The third-order valence-corrected chi connectivity index (χ3v) is 5.32. The number of likely N-dealkylation sites (N-methyl/N-ethyl adjacent to an activating group) is 1. The first-order valence-corrected chi connectivity index (χ1v) is 7.91. The van der Waals surface area contributed by atoms with Gasteiger partial charge in [0.25, 0.3) is 0 Å². The first-order chi connectivity index (χ1) is 9.16. The molecule has 3 fully saturated rings. The molecule has 3 unspecified atom stereocenters. The maximum Gasteiger partial charge on any atom is 0.0829 e. The van der Waals surface area contributed by atoms with E-state index >= 15 is 0 Å². The van der Waals surface area contributed by atoms with Crippen molar-refractivity contribution in [1.29, 1.82) is 0 Å². The number of rotatable bonds is 2. The smallest absolute Gasteiger partial charge is 0.0829 e. The van der Waals surface area contributed by atoms with E-state index in [1.54, 1.807) is 0 Å². The van der Waals surface area contributed by atoms with Gasteiger partial charge >= 0.3 is 0 Å². The highest BCUT2D eigenvalue weighted by Gasteiger charge is 2.43. The summed E-state index contributed by atoms with van der Waals surface area (Å²) >= 11 is 0. The fourth-order valence-electron chi connectivity index (χ4n) is 4.07. The SMILES string of the molecule is CN1CCOC(CN2CCC3(O)CCCCC3C2)C1. The lowest BCUT2D eigenvalue weighted by Crippen LogP contribution is -2.55. The topological polar surface area (TPSA) is 35.9 Å². The molecule has 110 valence electrons. The van der Waals surface area contributed by atoms with Crippen molar-refractivity contribution < 1.29 is 9.84 Å². The Balaban J connectivity index is 1.53. The predicted octanol–water partition coefficient (Wildman–Crippen LogP) is 0.944. The molecule has 0 aromatic carbocycles. The molecule has 0 aromatic rings. The van der Waals surface area contributed by atoms with E-state index in [4.69, 9.17) is 4.74 Å². The van der Waals surface area contributed by atoms with E-state index in [1.807, 2.05) is 0 Å². The van der Waals surface area contributed by atoms with Crippen LogP contribution in [0.4, 0.5) is 0 Å². The van der Waals surface area contributed by atoms with Crippen LogP contribution in [0.3, 0.4) is 0 Å². The third-order valence-electron chi connectivity index (χ3n) is 5.32. The third kappa shape index (κ3) is 3.13. The Bertz CT molecular complexity index is 313. The van der Waals surface area contributed by atoms with Crippen molar-refractivity contribution in [1.82, 2.24) is 9.80 Å². The number of hydrogen-bond donors (Lipinski definition) is 1. The number of aliphatic hydroxyl groups is 1. The fourth-order valence-corrected chi connectivity index (χ4v) is 4.07. The highest BCUT2D eigenvalue weighted by molar-refractivity contribution is 4.96. The summed E-state index contributed by atoms with van der Waals surface area (Å²) in [5, 5.41) is 10.7. The minimum Gasteiger partial charge on any atom is -0.390 e. The van der Waals surface area contributed by atoms with Crippen molar-refractivity contribution in [3.8, 4) is 0 Å². The van der Waals surface area contributed by atoms with E-state index in [2.05, 4.69) is 16.8 Å². The van der Waals surface area contributed by atoms with E-state index in [-0.39, 0.29) is 5.60 Å². The molecule has 3 rings (SSSR count). The van der Waals surface area contributed by atoms with E-state index in [1.165, 1.54) is 19.3 Å². The zero-order valence-corrected chi connectivity index (χ0v) is 12.2. The van der Waals surface area contributed by atoms with Gasteiger partial charge in [-0.15, -0.1) is 0 Å². The second-order valence-electron chi connectivity index (χ2n) is 6.81. The number of fused-ring (bicyclic) bond motifs is 1. The van der Waals surface area contributed by atoms with Crippen LogP contribution in [0, 0.1) is 5.92 Å². The van der Waals surface area contributed by atoms with Gasteiger partial charge in [0.15, 0.2) is 0 Å². The molecular weight excluding hydrogens is 240 g/mol. The normalized spacial score (nSPS) is 42.0. The van der Waals surface area contributed by atoms with Crippen LogP contribution in [0.15, 0.2) is 0 Å². The van der Waals surface area contributed by atoms with Crippen molar-refractivity contribution in [2.24, 2.45) is 5.92 Å². The summed E-state index contributed by atoms with van der Waals surface area (Å²) in [4.78, 5) is 4.88. The van der Waals surface area contributed by atoms with Crippen LogP contribution in [-0.2, 0) is 4.74 Å². The lowest BCUT2D eigenvalue weighted by molar-refractivity contribution is -0.108. The number of hydrogen-bond acceptors (Lipinski definition) is 4. The van der Waals surface area contributed by atoms with Crippen LogP contribution in [-0.4, -0.2) is 73.0 Å². The van der Waals surface area contributed by atoms with Gasteiger partial charge in [-0.2, -0.15) is 0 Å². The van der Waals surface area contributed by atoms with Gasteiger partial charge in [0.2, 0.25) is 0 Å². The molecule has 2 aliphatic heterocycles. The Morgan fingerprint density at radius 2 is 2.11 bits per heavy atom. The van der Waals surface area contributed by atoms with Gasteiger partial charge in [0.05, 0.1) is 18.3 Å². The van der Waals surface area contributed by atoms with E-state index in [0.29, 0.717) is 12.0 Å². The molecule has 0 bridgehead atoms. The molecule has 2 saturated heterocycles. The molecule has 0 amide bonds. The number of piperidine rings is 1. The van der Waals surface area contributed by atoms with Gasteiger partial charge in [-0.1, -0.05) is 12.8 Å². The van der Waals surface area contributed by atoms with Crippen molar-refractivity contribution in [3.05, 3.63) is 0 Å². The van der Waals surface area contributed by atoms with Crippen molar-refractivity contribution in [2.45, 2.75) is 43.8 Å². The fraction of sp³-hybridized carbons (Fsp3) is 1.00. The van der Waals surface area contributed by atoms with Gasteiger partial charge in [-0.25, -0.2) is 0 Å². The number of nitrogens with zero attached hydrogens (tertiary/aromatic N) is 2. The molecule has 0 radical (unpaired) electrons. The monoisotopic (exact) mass is 268 g/mol. The summed E-state index contributed by atoms with van der Waals surface area (Å²) in [5.41, 5.74) is -0.348. The number of likely N-dealkylation sites (tertiary alicyclic amines) is 1. The standard InChI is InChI=1S/C15H28N2O2/c1-16-8-9-19-14(11-16)12-17-7-6-15(18)5-3-2-4-13(15)10-17/h13-14,18H,2-12H2,1H3. The minimum absolute atomic E-state index is 0.348. The van der Waals surface area contributed by atoms with E-state index in [0.717, 1.165) is 52.2 Å². The second-order valence-corrected chi connectivity index (χ2v) is 6.81. The Morgan fingerprint density at radius 3 is 2.95 bits per heavy atom. The predicted molar refractivity (Wildman–Crippen MR) is 75.2 cm³/mol. The number of ether oxygens (including phenoxy) is 1.